The first-order valence-corrected chi connectivity index (χ1v) is 10.9. The van der Waals surface area contributed by atoms with E-state index in [0.29, 0.717) is 6.42 Å². The van der Waals surface area contributed by atoms with Gasteiger partial charge in [0.25, 0.3) is 5.91 Å². The monoisotopic (exact) mass is 457 g/mol. The van der Waals surface area contributed by atoms with Crippen LogP contribution in [0.15, 0.2) is 48.5 Å². The number of benzene rings is 2. The average molecular weight is 458 g/mol. The molecule has 0 aliphatic rings. The van der Waals surface area contributed by atoms with Gasteiger partial charge in [0, 0.05) is 24.7 Å². The molecule has 0 spiro atoms. The second-order valence-electron chi connectivity index (χ2n) is 7.63. The van der Waals surface area contributed by atoms with Crippen molar-refractivity contribution in [2.45, 2.75) is 52.2 Å². The van der Waals surface area contributed by atoms with Crippen LogP contribution < -0.4 is 14.8 Å². The standard InChI is InChI=1S/C24H31N3O6/c1-5-17(3)25-24(29)20(6-2)26(15-18-10-8-7-9-11-18)23(28)16-33-19-12-13-21(27(30)31)22(14-19)32-4/h7-14,17,20H,5-6,15-16H2,1-4H3,(H,25,29)/t17-,20+/m0/s1. The topological polar surface area (TPSA) is 111 Å². The number of nitrogens with one attached hydrogen (secondary N) is 1. The molecule has 0 saturated carbocycles. The minimum Gasteiger partial charge on any atom is -0.490 e. The number of ether oxygens (including phenoxy) is 2. The van der Waals surface area contributed by atoms with Crippen molar-refractivity contribution >= 4 is 17.5 Å². The highest BCUT2D eigenvalue weighted by Crippen LogP contribution is 2.30. The van der Waals surface area contributed by atoms with Gasteiger partial charge in [0.1, 0.15) is 11.8 Å². The lowest BCUT2D eigenvalue weighted by molar-refractivity contribution is -0.385. The molecule has 0 bridgehead atoms. The van der Waals surface area contributed by atoms with Gasteiger partial charge in [0.2, 0.25) is 11.7 Å². The lowest BCUT2D eigenvalue weighted by Crippen LogP contribution is -2.51. The first-order valence-electron chi connectivity index (χ1n) is 10.9. The molecule has 0 fully saturated rings. The average Bonchev–Trinajstić information content (AvgIpc) is 2.82. The van der Waals surface area contributed by atoms with Gasteiger partial charge in [0.15, 0.2) is 6.61 Å². The van der Waals surface area contributed by atoms with Gasteiger partial charge in [0.05, 0.1) is 12.0 Å². The van der Waals surface area contributed by atoms with Crippen LogP contribution in [-0.2, 0) is 16.1 Å². The highest BCUT2D eigenvalue weighted by molar-refractivity contribution is 5.88. The lowest BCUT2D eigenvalue weighted by Gasteiger charge is -2.31. The summed E-state index contributed by atoms with van der Waals surface area (Å²) in [4.78, 5) is 38.1. The summed E-state index contributed by atoms with van der Waals surface area (Å²) >= 11 is 0. The van der Waals surface area contributed by atoms with Crippen LogP contribution in [0.2, 0.25) is 0 Å². The molecule has 2 amide bonds. The van der Waals surface area contributed by atoms with E-state index in [9.17, 15) is 19.7 Å². The SMILES string of the molecule is CC[C@H](C(=O)N[C@@H](C)CC)N(Cc1ccccc1)C(=O)COc1ccc([N+](=O)[O-])c(OC)c1. The molecule has 0 radical (unpaired) electrons. The van der Waals surface area contributed by atoms with E-state index in [1.165, 1.54) is 30.2 Å². The van der Waals surface area contributed by atoms with Gasteiger partial charge in [-0.15, -0.1) is 0 Å². The van der Waals surface area contributed by atoms with E-state index in [-0.39, 0.29) is 48.2 Å². The molecule has 9 heteroatoms. The number of nitrogens with zero attached hydrogens (tertiary/aromatic N) is 2. The predicted molar refractivity (Wildman–Crippen MR) is 124 cm³/mol. The number of amides is 2. The van der Waals surface area contributed by atoms with Crippen molar-refractivity contribution < 1.29 is 24.0 Å². The Morgan fingerprint density at radius 3 is 2.39 bits per heavy atom. The second-order valence-corrected chi connectivity index (χ2v) is 7.63. The van der Waals surface area contributed by atoms with E-state index in [1.807, 2.05) is 51.1 Å². The first kappa shape index (κ1) is 25.6. The zero-order valence-corrected chi connectivity index (χ0v) is 19.4. The smallest absolute Gasteiger partial charge is 0.311 e. The first-order chi connectivity index (χ1) is 15.8. The van der Waals surface area contributed by atoms with Gasteiger partial charge in [-0.25, -0.2) is 0 Å². The maximum atomic E-state index is 13.2. The summed E-state index contributed by atoms with van der Waals surface area (Å²) in [6.45, 7) is 5.66. The summed E-state index contributed by atoms with van der Waals surface area (Å²) in [5.74, 6) is -0.302. The van der Waals surface area contributed by atoms with Gasteiger partial charge in [-0.2, -0.15) is 0 Å². The van der Waals surface area contributed by atoms with Crippen LogP contribution in [0.4, 0.5) is 5.69 Å². The molecule has 0 aliphatic heterocycles. The van der Waals surface area contributed by atoms with E-state index in [2.05, 4.69) is 5.32 Å². The summed E-state index contributed by atoms with van der Waals surface area (Å²) in [6.07, 6.45) is 1.21. The van der Waals surface area contributed by atoms with Gasteiger partial charge in [-0.05, 0) is 31.4 Å². The molecule has 0 heterocycles. The zero-order chi connectivity index (χ0) is 24.4. The van der Waals surface area contributed by atoms with Crippen LogP contribution in [0.25, 0.3) is 0 Å². The minimum absolute atomic E-state index is 0.0101. The van der Waals surface area contributed by atoms with Crippen molar-refractivity contribution in [3.8, 4) is 11.5 Å². The maximum Gasteiger partial charge on any atom is 0.311 e. The third kappa shape index (κ3) is 7.20. The van der Waals surface area contributed by atoms with Crippen molar-refractivity contribution in [1.82, 2.24) is 10.2 Å². The summed E-state index contributed by atoms with van der Waals surface area (Å²) in [7, 11) is 1.32. The molecule has 2 aromatic carbocycles. The Bertz CT molecular complexity index is 950. The number of rotatable bonds is 12. The van der Waals surface area contributed by atoms with Gasteiger partial charge in [-0.1, -0.05) is 44.2 Å². The summed E-state index contributed by atoms with van der Waals surface area (Å²) in [6, 6.07) is 12.8. The number of hydrogen-bond donors (Lipinski definition) is 1. The highest BCUT2D eigenvalue weighted by atomic mass is 16.6. The van der Waals surface area contributed by atoms with Gasteiger partial charge < -0.3 is 19.7 Å². The quantitative estimate of drug-likeness (QED) is 0.384. The maximum absolute atomic E-state index is 13.2. The fourth-order valence-electron chi connectivity index (χ4n) is 3.27. The molecule has 2 rings (SSSR count). The van der Waals surface area contributed by atoms with Gasteiger partial charge >= 0.3 is 5.69 Å². The van der Waals surface area contributed by atoms with E-state index >= 15 is 0 Å². The number of nitro benzene ring substituents is 1. The van der Waals surface area contributed by atoms with Crippen LogP contribution in [0.3, 0.4) is 0 Å². The fourth-order valence-corrected chi connectivity index (χ4v) is 3.27. The van der Waals surface area contributed by atoms with E-state index in [0.717, 1.165) is 12.0 Å². The Kier molecular flexibility index (Phi) is 9.65. The normalized spacial score (nSPS) is 12.4. The van der Waals surface area contributed by atoms with Crippen LogP contribution in [0, 0.1) is 10.1 Å². The Morgan fingerprint density at radius 1 is 1.12 bits per heavy atom. The van der Waals surface area contributed by atoms with Crippen molar-refractivity contribution in [2.24, 2.45) is 0 Å². The van der Waals surface area contributed by atoms with E-state index < -0.39 is 11.0 Å². The van der Waals surface area contributed by atoms with Crippen molar-refractivity contribution in [2.75, 3.05) is 13.7 Å². The number of carbonyl (C=O) groups excluding carboxylic acids is 2. The number of methoxy groups -OCH3 is 1. The molecule has 178 valence electrons. The van der Waals surface area contributed by atoms with Crippen LogP contribution in [-0.4, -0.2) is 47.4 Å². The molecule has 9 nitrogen and oxygen atoms in total. The largest absolute Gasteiger partial charge is 0.490 e. The molecule has 33 heavy (non-hydrogen) atoms. The second kappa shape index (κ2) is 12.4. The summed E-state index contributed by atoms with van der Waals surface area (Å²) < 4.78 is 10.7. The number of nitro groups is 1. The molecule has 2 atom stereocenters. The van der Waals surface area contributed by atoms with Gasteiger partial charge in [-0.3, -0.25) is 19.7 Å². The third-order valence-electron chi connectivity index (χ3n) is 5.29. The molecule has 0 saturated heterocycles. The summed E-state index contributed by atoms with van der Waals surface area (Å²) in [5.41, 5.74) is 0.687. The van der Waals surface area contributed by atoms with Crippen molar-refractivity contribution in [3.63, 3.8) is 0 Å². The molecule has 0 unspecified atom stereocenters. The number of hydrogen-bond acceptors (Lipinski definition) is 6. The molecular weight excluding hydrogens is 426 g/mol. The molecule has 0 aromatic heterocycles. The van der Waals surface area contributed by atoms with Crippen molar-refractivity contribution in [3.05, 3.63) is 64.2 Å². The Hall–Kier alpha value is -3.62. The minimum atomic E-state index is -0.665. The predicted octanol–water partition coefficient (Wildman–Crippen LogP) is 3.70. The Labute approximate surface area is 193 Å². The van der Waals surface area contributed by atoms with Crippen LogP contribution in [0.1, 0.15) is 39.2 Å². The summed E-state index contributed by atoms with van der Waals surface area (Å²) in [5, 5.41) is 14.0. The number of carbonyl (C=O) groups is 2. The van der Waals surface area contributed by atoms with Crippen molar-refractivity contribution in [1.29, 1.82) is 0 Å². The fraction of sp³-hybridized carbons (Fsp3) is 0.417. The van der Waals surface area contributed by atoms with Crippen LogP contribution >= 0.6 is 0 Å². The Morgan fingerprint density at radius 2 is 1.82 bits per heavy atom. The highest BCUT2D eigenvalue weighted by Gasteiger charge is 2.29. The molecule has 0 aliphatic carbocycles. The molecule has 2 aromatic rings. The van der Waals surface area contributed by atoms with Crippen LogP contribution in [0.5, 0.6) is 11.5 Å². The Balaban J connectivity index is 2.22. The van der Waals surface area contributed by atoms with E-state index in [4.69, 9.17) is 9.47 Å². The third-order valence-corrected chi connectivity index (χ3v) is 5.29. The lowest BCUT2D eigenvalue weighted by atomic mass is 10.1. The zero-order valence-electron chi connectivity index (χ0n) is 19.4. The van der Waals surface area contributed by atoms with E-state index in [1.54, 1.807) is 0 Å². The molecule has 1 N–H and O–H groups in total. The molecular formula is C24H31N3O6.